The van der Waals surface area contributed by atoms with Gasteiger partial charge < -0.3 is 15.0 Å². The van der Waals surface area contributed by atoms with E-state index >= 15 is 0 Å². The Labute approximate surface area is 164 Å². The van der Waals surface area contributed by atoms with E-state index in [1.807, 2.05) is 51.1 Å². The number of nitrogens with one attached hydrogen (secondary N) is 1. The molecule has 1 fully saturated rings. The van der Waals surface area contributed by atoms with Crippen molar-refractivity contribution in [3.05, 3.63) is 47.2 Å². The van der Waals surface area contributed by atoms with Crippen LogP contribution in [-0.2, 0) is 10.5 Å². The minimum atomic E-state index is -0.0433. The van der Waals surface area contributed by atoms with E-state index < -0.39 is 0 Å². The van der Waals surface area contributed by atoms with Crippen LogP contribution in [0.15, 0.2) is 35.5 Å². The average Bonchev–Trinajstić information content (AvgIpc) is 2.66. The number of benzene rings is 1. The second kappa shape index (κ2) is 9.19. The van der Waals surface area contributed by atoms with Gasteiger partial charge in [-0.15, -0.1) is 0 Å². The first-order valence-electron chi connectivity index (χ1n) is 9.22. The van der Waals surface area contributed by atoms with Crippen molar-refractivity contribution in [2.24, 2.45) is 0 Å². The molecule has 0 unspecified atom stereocenters. The SMILES string of the molecule is Cc1cc(N2CCOCC2)nc(SCc2cccc(C(=O)NC(C)C)c2)n1. The Morgan fingerprint density at radius 1 is 1.26 bits per heavy atom. The summed E-state index contributed by atoms with van der Waals surface area (Å²) in [5.74, 6) is 1.63. The lowest BCUT2D eigenvalue weighted by Crippen LogP contribution is -2.36. The summed E-state index contributed by atoms with van der Waals surface area (Å²) < 4.78 is 5.42. The second-order valence-electron chi connectivity index (χ2n) is 6.87. The molecule has 7 heteroatoms. The molecule has 0 aliphatic carbocycles. The standard InChI is InChI=1S/C20H26N4O2S/c1-14(2)21-19(25)17-6-4-5-16(12-17)13-27-20-22-15(3)11-18(23-20)24-7-9-26-10-8-24/h4-6,11-12,14H,7-10,13H2,1-3H3,(H,21,25). The molecule has 0 saturated carbocycles. The number of aryl methyl sites for hydroxylation is 1. The fourth-order valence-corrected chi connectivity index (χ4v) is 3.68. The summed E-state index contributed by atoms with van der Waals surface area (Å²) in [4.78, 5) is 23.7. The molecule has 6 nitrogen and oxygen atoms in total. The number of nitrogens with zero attached hydrogens (tertiary/aromatic N) is 3. The van der Waals surface area contributed by atoms with Crippen LogP contribution >= 0.6 is 11.8 Å². The van der Waals surface area contributed by atoms with Crippen LogP contribution in [0.2, 0.25) is 0 Å². The largest absolute Gasteiger partial charge is 0.378 e. The van der Waals surface area contributed by atoms with Gasteiger partial charge in [-0.2, -0.15) is 0 Å². The molecule has 2 heterocycles. The zero-order valence-electron chi connectivity index (χ0n) is 16.1. The summed E-state index contributed by atoms with van der Waals surface area (Å²) in [6.07, 6.45) is 0. The predicted octanol–water partition coefficient (Wildman–Crippen LogP) is 3.05. The quantitative estimate of drug-likeness (QED) is 0.608. The van der Waals surface area contributed by atoms with Gasteiger partial charge in [0, 0.05) is 42.2 Å². The molecule has 144 valence electrons. The van der Waals surface area contributed by atoms with E-state index in [9.17, 15) is 4.79 Å². The predicted molar refractivity (Wildman–Crippen MR) is 108 cm³/mol. The Balaban J connectivity index is 1.68. The molecule has 1 aliphatic rings. The van der Waals surface area contributed by atoms with E-state index in [-0.39, 0.29) is 11.9 Å². The van der Waals surface area contributed by atoms with Gasteiger partial charge in [-0.1, -0.05) is 23.9 Å². The fraction of sp³-hybridized carbons (Fsp3) is 0.450. The Morgan fingerprint density at radius 2 is 2.04 bits per heavy atom. The fourth-order valence-electron chi connectivity index (χ4n) is 2.84. The van der Waals surface area contributed by atoms with Gasteiger partial charge in [-0.25, -0.2) is 9.97 Å². The molecule has 2 aromatic rings. The zero-order chi connectivity index (χ0) is 19.2. The Bertz CT molecular complexity index is 791. The monoisotopic (exact) mass is 386 g/mol. The van der Waals surface area contributed by atoms with Crippen molar-refractivity contribution in [3.63, 3.8) is 0 Å². The average molecular weight is 387 g/mol. The number of hydrogen-bond acceptors (Lipinski definition) is 6. The van der Waals surface area contributed by atoms with E-state index in [2.05, 4.69) is 15.2 Å². The summed E-state index contributed by atoms with van der Waals surface area (Å²) in [5.41, 5.74) is 2.72. The maximum Gasteiger partial charge on any atom is 0.251 e. The molecule has 1 N–H and O–H groups in total. The summed E-state index contributed by atoms with van der Waals surface area (Å²) in [5, 5.41) is 3.68. The van der Waals surface area contributed by atoms with E-state index in [0.717, 1.165) is 54.3 Å². The molecule has 0 spiro atoms. The second-order valence-corrected chi connectivity index (χ2v) is 7.81. The van der Waals surface area contributed by atoms with Crippen LogP contribution in [0.5, 0.6) is 0 Å². The van der Waals surface area contributed by atoms with Crippen LogP contribution in [0.1, 0.15) is 35.5 Å². The molecule has 1 aliphatic heterocycles. The lowest BCUT2D eigenvalue weighted by atomic mass is 10.1. The Hall–Kier alpha value is -2.12. The Morgan fingerprint density at radius 3 is 2.78 bits per heavy atom. The molecule has 0 radical (unpaired) electrons. The van der Waals surface area contributed by atoms with Crippen molar-refractivity contribution in [1.29, 1.82) is 0 Å². The highest BCUT2D eigenvalue weighted by atomic mass is 32.2. The molecular weight excluding hydrogens is 360 g/mol. The van der Waals surface area contributed by atoms with Gasteiger partial charge in [-0.05, 0) is 38.5 Å². The van der Waals surface area contributed by atoms with Crippen LogP contribution in [0, 0.1) is 6.92 Å². The summed E-state index contributed by atoms with van der Waals surface area (Å²) >= 11 is 1.59. The minimum Gasteiger partial charge on any atom is -0.378 e. The number of amides is 1. The molecule has 0 atom stereocenters. The van der Waals surface area contributed by atoms with Gasteiger partial charge in [-0.3, -0.25) is 4.79 Å². The third-order valence-corrected chi connectivity index (χ3v) is 5.05. The van der Waals surface area contributed by atoms with E-state index in [4.69, 9.17) is 9.72 Å². The van der Waals surface area contributed by atoms with Crippen LogP contribution in [0.3, 0.4) is 0 Å². The van der Waals surface area contributed by atoms with Crippen LogP contribution in [0.25, 0.3) is 0 Å². The highest BCUT2D eigenvalue weighted by Crippen LogP contribution is 2.23. The number of carbonyl (C=O) groups is 1. The molecule has 27 heavy (non-hydrogen) atoms. The van der Waals surface area contributed by atoms with Gasteiger partial charge in [0.1, 0.15) is 5.82 Å². The number of aromatic nitrogens is 2. The lowest BCUT2D eigenvalue weighted by molar-refractivity contribution is 0.0943. The summed E-state index contributed by atoms with van der Waals surface area (Å²) in [6, 6.07) is 9.86. The molecule has 1 aromatic carbocycles. The maximum absolute atomic E-state index is 12.2. The first-order valence-corrected chi connectivity index (χ1v) is 10.2. The van der Waals surface area contributed by atoms with Crippen molar-refractivity contribution in [2.45, 2.75) is 37.7 Å². The number of morpholine rings is 1. The number of rotatable bonds is 6. The van der Waals surface area contributed by atoms with Crippen LogP contribution < -0.4 is 10.2 Å². The van der Waals surface area contributed by atoms with Gasteiger partial charge in [0.25, 0.3) is 5.91 Å². The molecule has 1 saturated heterocycles. The number of hydrogen-bond donors (Lipinski definition) is 1. The van der Waals surface area contributed by atoms with Gasteiger partial charge in [0.2, 0.25) is 0 Å². The van der Waals surface area contributed by atoms with Crippen LogP contribution in [0.4, 0.5) is 5.82 Å². The zero-order valence-corrected chi connectivity index (χ0v) is 16.9. The van der Waals surface area contributed by atoms with E-state index in [0.29, 0.717) is 5.56 Å². The Kier molecular flexibility index (Phi) is 6.68. The number of carbonyl (C=O) groups excluding carboxylic acids is 1. The van der Waals surface area contributed by atoms with Crippen molar-refractivity contribution < 1.29 is 9.53 Å². The topological polar surface area (TPSA) is 67.3 Å². The first-order chi connectivity index (χ1) is 13.0. The number of thioether (sulfide) groups is 1. The smallest absolute Gasteiger partial charge is 0.251 e. The first kappa shape index (κ1) is 19.6. The van der Waals surface area contributed by atoms with Crippen molar-refractivity contribution >= 4 is 23.5 Å². The van der Waals surface area contributed by atoms with Crippen molar-refractivity contribution in [3.8, 4) is 0 Å². The van der Waals surface area contributed by atoms with Crippen molar-refractivity contribution in [1.82, 2.24) is 15.3 Å². The molecule has 1 aromatic heterocycles. The molecule has 1 amide bonds. The summed E-state index contributed by atoms with van der Waals surface area (Å²) in [7, 11) is 0. The third-order valence-electron chi connectivity index (χ3n) is 4.13. The third kappa shape index (κ3) is 5.68. The lowest BCUT2D eigenvalue weighted by Gasteiger charge is -2.28. The van der Waals surface area contributed by atoms with E-state index in [1.54, 1.807) is 11.8 Å². The van der Waals surface area contributed by atoms with Gasteiger partial charge in [0.15, 0.2) is 5.16 Å². The molecule has 3 rings (SSSR count). The normalized spacial score (nSPS) is 14.4. The van der Waals surface area contributed by atoms with Crippen LogP contribution in [-0.4, -0.2) is 48.2 Å². The molecular formula is C20H26N4O2S. The minimum absolute atomic E-state index is 0.0433. The highest BCUT2D eigenvalue weighted by molar-refractivity contribution is 7.98. The van der Waals surface area contributed by atoms with Gasteiger partial charge in [0.05, 0.1) is 13.2 Å². The van der Waals surface area contributed by atoms with Gasteiger partial charge >= 0.3 is 0 Å². The molecule has 0 bridgehead atoms. The number of anilines is 1. The van der Waals surface area contributed by atoms with E-state index in [1.165, 1.54) is 0 Å². The maximum atomic E-state index is 12.2. The summed E-state index contributed by atoms with van der Waals surface area (Å²) in [6.45, 7) is 9.08. The number of ether oxygens (including phenoxy) is 1. The van der Waals surface area contributed by atoms with Crippen molar-refractivity contribution in [2.75, 3.05) is 31.2 Å². The highest BCUT2D eigenvalue weighted by Gasteiger charge is 2.14.